The van der Waals surface area contributed by atoms with Gasteiger partial charge in [0, 0.05) is 16.0 Å². The van der Waals surface area contributed by atoms with Crippen LogP contribution in [0.25, 0.3) is 0 Å². The smallest absolute Gasteiger partial charge is 0.124 e. The van der Waals surface area contributed by atoms with E-state index >= 15 is 0 Å². The fraction of sp³-hybridized carbons (Fsp3) is 0.375. The Bertz CT molecular complexity index is 554. The third-order valence-electron chi connectivity index (χ3n) is 3.95. The van der Waals surface area contributed by atoms with Crippen LogP contribution in [0.5, 0.6) is 11.5 Å². The Morgan fingerprint density at radius 3 is 2.35 bits per heavy atom. The van der Waals surface area contributed by atoms with Crippen LogP contribution < -0.4 is 0 Å². The summed E-state index contributed by atoms with van der Waals surface area (Å²) in [6.07, 6.45) is 1.97. The van der Waals surface area contributed by atoms with E-state index in [9.17, 15) is 15.3 Å². The molecule has 0 aliphatic heterocycles. The fourth-order valence-electron chi connectivity index (χ4n) is 2.81. The van der Waals surface area contributed by atoms with Crippen molar-refractivity contribution in [3.63, 3.8) is 0 Å². The topological polar surface area (TPSA) is 60.7 Å². The van der Waals surface area contributed by atoms with Crippen molar-refractivity contribution in [3.05, 3.63) is 46.0 Å². The molecule has 1 aliphatic rings. The number of phenolic OH excluding ortho intramolecular Hbond substituents is 2. The number of allylic oxidation sites excluding steroid dienone is 2. The van der Waals surface area contributed by atoms with E-state index in [-0.39, 0.29) is 23.3 Å². The van der Waals surface area contributed by atoms with Crippen LogP contribution in [0.4, 0.5) is 0 Å². The van der Waals surface area contributed by atoms with E-state index in [0.717, 1.165) is 11.1 Å². The van der Waals surface area contributed by atoms with Gasteiger partial charge in [-0.25, -0.2) is 0 Å². The molecule has 4 heteroatoms. The first-order valence-corrected chi connectivity index (χ1v) is 7.33. The standard InChI is InChI=1S/C16H19BrO3/c1-8(2)11-7-13(18)9(3)4-12(11)16-14(19)5-10(17)6-15(16)20/h4-6,11-13,18-20H,1,7H2,2-3H3/t11-,12+,13?/m0/s1. The molecule has 0 spiro atoms. The van der Waals surface area contributed by atoms with Gasteiger partial charge in [-0.3, -0.25) is 0 Å². The highest BCUT2D eigenvalue weighted by Gasteiger charge is 2.33. The summed E-state index contributed by atoms with van der Waals surface area (Å²) >= 11 is 3.24. The highest BCUT2D eigenvalue weighted by Crippen LogP contribution is 2.46. The molecule has 1 aromatic rings. The van der Waals surface area contributed by atoms with Gasteiger partial charge in [0.2, 0.25) is 0 Å². The van der Waals surface area contributed by atoms with Gasteiger partial charge >= 0.3 is 0 Å². The number of aromatic hydroxyl groups is 2. The van der Waals surface area contributed by atoms with Crippen LogP contribution >= 0.6 is 15.9 Å². The van der Waals surface area contributed by atoms with Gasteiger partial charge in [0.1, 0.15) is 11.5 Å². The molecule has 20 heavy (non-hydrogen) atoms. The molecule has 2 rings (SSSR count). The summed E-state index contributed by atoms with van der Waals surface area (Å²) in [5.41, 5.74) is 2.28. The van der Waals surface area contributed by atoms with E-state index in [4.69, 9.17) is 0 Å². The van der Waals surface area contributed by atoms with Crippen molar-refractivity contribution in [2.75, 3.05) is 0 Å². The highest BCUT2D eigenvalue weighted by molar-refractivity contribution is 9.10. The van der Waals surface area contributed by atoms with Gasteiger partial charge in [0.15, 0.2) is 0 Å². The minimum absolute atomic E-state index is 0.00771. The van der Waals surface area contributed by atoms with E-state index in [1.165, 1.54) is 0 Å². The van der Waals surface area contributed by atoms with Crippen molar-refractivity contribution in [1.29, 1.82) is 0 Å². The highest BCUT2D eigenvalue weighted by atomic mass is 79.9. The van der Waals surface area contributed by atoms with Crippen LogP contribution in [0.2, 0.25) is 0 Å². The number of benzene rings is 1. The molecule has 0 amide bonds. The lowest BCUT2D eigenvalue weighted by Gasteiger charge is -2.34. The van der Waals surface area contributed by atoms with Crippen molar-refractivity contribution in [1.82, 2.24) is 0 Å². The third kappa shape index (κ3) is 2.76. The minimum atomic E-state index is -0.493. The zero-order valence-corrected chi connectivity index (χ0v) is 13.2. The van der Waals surface area contributed by atoms with Crippen molar-refractivity contribution in [3.8, 4) is 11.5 Å². The normalized spacial score (nSPS) is 26.2. The van der Waals surface area contributed by atoms with Gasteiger partial charge in [-0.05, 0) is 43.9 Å². The lowest BCUT2D eigenvalue weighted by Crippen LogP contribution is -2.26. The summed E-state index contributed by atoms with van der Waals surface area (Å²) in [5.74, 6) is -0.0854. The second-order valence-corrected chi connectivity index (χ2v) is 6.41. The Labute approximate surface area is 127 Å². The zero-order chi connectivity index (χ0) is 15.0. The van der Waals surface area contributed by atoms with Gasteiger partial charge < -0.3 is 15.3 Å². The Hall–Kier alpha value is -1.26. The van der Waals surface area contributed by atoms with Crippen LogP contribution in [-0.4, -0.2) is 21.4 Å². The molecule has 3 N–H and O–H groups in total. The minimum Gasteiger partial charge on any atom is -0.507 e. The number of phenols is 2. The molecule has 0 heterocycles. The van der Waals surface area contributed by atoms with Crippen LogP contribution in [0.15, 0.2) is 40.4 Å². The lowest BCUT2D eigenvalue weighted by atomic mass is 9.73. The Morgan fingerprint density at radius 2 is 1.85 bits per heavy atom. The summed E-state index contributed by atoms with van der Waals surface area (Å²) in [7, 11) is 0. The maximum absolute atomic E-state index is 10.2. The molecule has 0 fully saturated rings. The van der Waals surface area contributed by atoms with Crippen molar-refractivity contribution in [2.45, 2.75) is 32.3 Å². The molecular formula is C16H19BrO3. The predicted octanol–water partition coefficient (Wildman–Crippen LogP) is 3.85. The monoisotopic (exact) mass is 338 g/mol. The summed E-state index contributed by atoms with van der Waals surface area (Å²) < 4.78 is 0.625. The predicted molar refractivity (Wildman–Crippen MR) is 82.9 cm³/mol. The molecule has 0 radical (unpaired) electrons. The number of rotatable bonds is 2. The first kappa shape index (κ1) is 15.1. The largest absolute Gasteiger partial charge is 0.507 e. The van der Waals surface area contributed by atoms with E-state index < -0.39 is 6.10 Å². The number of halogens is 1. The molecule has 108 valence electrons. The molecule has 1 unspecified atom stereocenters. The summed E-state index contributed by atoms with van der Waals surface area (Å²) in [4.78, 5) is 0. The first-order chi connectivity index (χ1) is 9.31. The van der Waals surface area contributed by atoms with E-state index in [1.807, 2.05) is 19.9 Å². The summed E-state index contributed by atoms with van der Waals surface area (Å²) in [6, 6.07) is 3.14. The van der Waals surface area contributed by atoms with Crippen molar-refractivity contribution < 1.29 is 15.3 Å². The first-order valence-electron chi connectivity index (χ1n) is 6.54. The van der Waals surface area contributed by atoms with Crippen molar-refractivity contribution >= 4 is 15.9 Å². The Kier molecular flexibility index (Phi) is 4.25. The molecule has 0 bridgehead atoms. The second kappa shape index (κ2) is 5.62. The van der Waals surface area contributed by atoms with Crippen LogP contribution in [-0.2, 0) is 0 Å². The van der Waals surface area contributed by atoms with Crippen molar-refractivity contribution in [2.24, 2.45) is 5.92 Å². The molecular weight excluding hydrogens is 320 g/mol. The average molecular weight is 339 g/mol. The lowest BCUT2D eigenvalue weighted by molar-refractivity contribution is 0.168. The number of hydrogen-bond acceptors (Lipinski definition) is 3. The second-order valence-electron chi connectivity index (χ2n) is 5.50. The fourth-order valence-corrected chi connectivity index (χ4v) is 3.24. The van der Waals surface area contributed by atoms with Gasteiger partial charge in [0.05, 0.1) is 6.10 Å². The van der Waals surface area contributed by atoms with Crippen LogP contribution in [0.1, 0.15) is 31.7 Å². The maximum atomic E-state index is 10.2. The molecule has 3 atom stereocenters. The quantitative estimate of drug-likeness (QED) is 0.718. The molecule has 3 nitrogen and oxygen atoms in total. The third-order valence-corrected chi connectivity index (χ3v) is 4.40. The SMILES string of the molecule is C=C(C)[C@@H]1CC(O)C(C)=C[C@H]1c1c(O)cc(Br)cc1O. The van der Waals surface area contributed by atoms with Gasteiger partial charge in [0.25, 0.3) is 0 Å². The molecule has 0 saturated carbocycles. The van der Waals surface area contributed by atoms with Gasteiger partial charge in [-0.15, -0.1) is 0 Å². The van der Waals surface area contributed by atoms with Gasteiger partial charge in [-0.2, -0.15) is 0 Å². The summed E-state index contributed by atoms with van der Waals surface area (Å²) in [5, 5.41) is 30.3. The van der Waals surface area contributed by atoms with Crippen LogP contribution in [0.3, 0.4) is 0 Å². The Morgan fingerprint density at radius 1 is 1.30 bits per heavy atom. The molecule has 0 aromatic heterocycles. The maximum Gasteiger partial charge on any atom is 0.124 e. The van der Waals surface area contributed by atoms with E-state index in [1.54, 1.807) is 12.1 Å². The number of hydrogen-bond donors (Lipinski definition) is 3. The molecule has 0 saturated heterocycles. The van der Waals surface area contributed by atoms with E-state index in [0.29, 0.717) is 16.5 Å². The molecule has 1 aliphatic carbocycles. The average Bonchev–Trinajstić information content (AvgIpc) is 2.31. The number of aliphatic hydroxyl groups excluding tert-OH is 1. The number of aliphatic hydroxyl groups is 1. The van der Waals surface area contributed by atoms with Gasteiger partial charge in [-0.1, -0.05) is 34.2 Å². The van der Waals surface area contributed by atoms with E-state index in [2.05, 4.69) is 22.5 Å². The Balaban J connectivity index is 2.56. The summed E-state index contributed by atoms with van der Waals surface area (Å²) in [6.45, 7) is 7.75. The zero-order valence-electron chi connectivity index (χ0n) is 11.6. The molecule has 1 aromatic carbocycles. The van der Waals surface area contributed by atoms with Crippen LogP contribution in [0, 0.1) is 5.92 Å².